The van der Waals surface area contributed by atoms with Gasteiger partial charge < -0.3 is 10.0 Å². The predicted molar refractivity (Wildman–Crippen MR) is 59.8 cm³/mol. The average Bonchev–Trinajstić information content (AvgIpc) is 2.15. The first-order valence-electron chi connectivity index (χ1n) is 4.80. The van der Waals surface area contributed by atoms with Gasteiger partial charge in [-0.05, 0) is 19.1 Å². The summed E-state index contributed by atoms with van der Waals surface area (Å²) in [6.45, 7) is 5.84. The van der Waals surface area contributed by atoms with Crippen molar-refractivity contribution < 1.29 is 14.3 Å². The van der Waals surface area contributed by atoms with Crippen LogP contribution in [-0.2, 0) is 0 Å². The van der Waals surface area contributed by atoms with Crippen LogP contribution in [-0.4, -0.2) is 29.5 Å². The molecule has 0 aromatic heterocycles. The topological polar surface area (TPSA) is 40.5 Å². The summed E-state index contributed by atoms with van der Waals surface area (Å²) < 4.78 is 13.4. The number of hydrogen-bond donors (Lipinski definition) is 1. The second kappa shape index (κ2) is 4.79. The lowest BCUT2D eigenvalue weighted by Crippen LogP contribution is -2.28. The zero-order chi connectivity index (χ0) is 12.3. The fourth-order valence-electron chi connectivity index (χ4n) is 1.36. The highest BCUT2D eigenvalue weighted by molar-refractivity contribution is 5.94. The summed E-state index contributed by atoms with van der Waals surface area (Å²) in [5.41, 5.74) is 0.761. The van der Waals surface area contributed by atoms with Gasteiger partial charge in [-0.3, -0.25) is 4.79 Å². The fourth-order valence-corrected chi connectivity index (χ4v) is 1.36. The van der Waals surface area contributed by atoms with E-state index in [1.807, 2.05) is 0 Å². The molecule has 1 amide bonds. The lowest BCUT2D eigenvalue weighted by molar-refractivity contribution is 0.0802. The predicted octanol–water partition coefficient (Wildman–Crippen LogP) is 2.18. The van der Waals surface area contributed by atoms with E-state index in [9.17, 15) is 9.18 Å². The quantitative estimate of drug-likeness (QED) is 0.798. The van der Waals surface area contributed by atoms with E-state index in [-0.39, 0.29) is 11.3 Å². The van der Waals surface area contributed by atoms with Gasteiger partial charge in [-0.15, -0.1) is 0 Å². The van der Waals surface area contributed by atoms with Crippen molar-refractivity contribution in [1.82, 2.24) is 4.90 Å². The summed E-state index contributed by atoms with van der Waals surface area (Å²) in [4.78, 5) is 13.1. The molecule has 0 aliphatic carbocycles. The molecule has 1 rings (SSSR count). The normalized spacial score (nSPS) is 9.94. The second-order valence-corrected chi connectivity index (χ2v) is 3.78. The number of likely N-dealkylation sites (N-methyl/N-ethyl adjacent to an activating group) is 1. The van der Waals surface area contributed by atoms with Crippen molar-refractivity contribution in [1.29, 1.82) is 0 Å². The van der Waals surface area contributed by atoms with Crippen molar-refractivity contribution in [2.45, 2.75) is 6.92 Å². The van der Waals surface area contributed by atoms with Crippen LogP contribution in [0.25, 0.3) is 0 Å². The lowest BCUT2D eigenvalue weighted by atomic mass is 10.1. The highest BCUT2D eigenvalue weighted by Crippen LogP contribution is 2.16. The zero-order valence-electron chi connectivity index (χ0n) is 9.33. The van der Waals surface area contributed by atoms with E-state index in [4.69, 9.17) is 5.11 Å². The molecule has 3 nitrogen and oxygen atoms in total. The number of benzene rings is 1. The Balaban J connectivity index is 2.92. The maximum Gasteiger partial charge on any atom is 0.256 e. The van der Waals surface area contributed by atoms with Crippen molar-refractivity contribution in [2.75, 3.05) is 13.6 Å². The molecule has 86 valence electrons. The minimum atomic E-state index is -0.724. The molecule has 0 bridgehead atoms. The third kappa shape index (κ3) is 2.82. The molecular formula is C12H14FNO2. The molecule has 1 N–H and O–H groups in total. The van der Waals surface area contributed by atoms with Crippen LogP contribution in [0, 0.1) is 5.82 Å². The summed E-state index contributed by atoms with van der Waals surface area (Å²) in [6.07, 6.45) is 0. The Morgan fingerprint density at radius 1 is 1.56 bits per heavy atom. The van der Waals surface area contributed by atoms with Crippen molar-refractivity contribution >= 4 is 5.91 Å². The number of carbonyl (C=O) groups excluding carboxylic acids is 1. The molecule has 0 aliphatic heterocycles. The smallest absolute Gasteiger partial charge is 0.256 e. The van der Waals surface area contributed by atoms with Gasteiger partial charge in [0.2, 0.25) is 0 Å². The minimum Gasteiger partial charge on any atom is -0.508 e. The Labute approximate surface area is 93.8 Å². The van der Waals surface area contributed by atoms with E-state index in [1.54, 1.807) is 14.0 Å². The first-order chi connectivity index (χ1) is 7.41. The molecule has 0 saturated heterocycles. The largest absolute Gasteiger partial charge is 0.508 e. The molecule has 1 aromatic rings. The Morgan fingerprint density at radius 2 is 2.19 bits per heavy atom. The number of rotatable bonds is 3. The molecular weight excluding hydrogens is 209 g/mol. The van der Waals surface area contributed by atoms with Gasteiger partial charge in [-0.2, -0.15) is 0 Å². The van der Waals surface area contributed by atoms with E-state index < -0.39 is 11.7 Å². The Hall–Kier alpha value is -1.84. The van der Waals surface area contributed by atoms with Crippen LogP contribution < -0.4 is 0 Å². The number of hydrogen-bond acceptors (Lipinski definition) is 2. The second-order valence-electron chi connectivity index (χ2n) is 3.78. The molecule has 0 unspecified atom stereocenters. The average molecular weight is 223 g/mol. The molecule has 16 heavy (non-hydrogen) atoms. The van der Waals surface area contributed by atoms with Crippen molar-refractivity contribution in [2.24, 2.45) is 0 Å². The standard InChI is InChI=1S/C12H14FNO2/c1-8(2)7-14(3)12(16)10-5-4-9(15)6-11(10)13/h4-6,15H,1,7H2,2-3H3. The van der Waals surface area contributed by atoms with E-state index in [0.29, 0.717) is 6.54 Å². The van der Waals surface area contributed by atoms with Gasteiger partial charge in [0, 0.05) is 19.7 Å². The summed E-state index contributed by atoms with van der Waals surface area (Å²) in [6, 6.07) is 3.47. The van der Waals surface area contributed by atoms with Crippen LogP contribution in [0.3, 0.4) is 0 Å². The number of amides is 1. The highest BCUT2D eigenvalue weighted by atomic mass is 19.1. The van der Waals surface area contributed by atoms with Crippen LogP contribution in [0.2, 0.25) is 0 Å². The summed E-state index contributed by atoms with van der Waals surface area (Å²) in [5, 5.41) is 9.02. The number of phenols is 1. The molecule has 0 aliphatic rings. The lowest BCUT2D eigenvalue weighted by Gasteiger charge is -2.17. The van der Waals surface area contributed by atoms with E-state index in [1.165, 1.54) is 17.0 Å². The van der Waals surface area contributed by atoms with Crippen LogP contribution >= 0.6 is 0 Å². The SMILES string of the molecule is C=C(C)CN(C)C(=O)c1ccc(O)cc1F. The highest BCUT2D eigenvalue weighted by Gasteiger charge is 2.16. The number of halogens is 1. The monoisotopic (exact) mass is 223 g/mol. The third-order valence-corrected chi connectivity index (χ3v) is 2.04. The van der Waals surface area contributed by atoms with E-state index in [0.717, 1.165) is 11.6 Å². The molecule has 0 heterocycles. The maximum atomic E-state index is 13.4. The maximum absolute atomic E-state index is 13.4. The van der Waals surface area contributed by atoms with Crippen molar-refractivity contribution in [3.05, 3.63) is 41.7 Å². The molecule has 0 atom stereocenters. The summed E-state index contributed by atoms with van der Waals surface area (Å²) in [7, 11) is 1.57. The number of aromatic hydroxyl groups is 1. The van der Waals surface area contributed by atoms with Gasteiger partial charge in [-0.25, -0.2) is 4.39 Å². The van der Waals surface area contributed by atoms with Crippen molar-refractivity contribution in [3.8, 4) is 5.75 Å². The Morgan fingerprint density at radius 3 is 2.69 bits per heavy atom. The number of nitrogens with zero attached hydrogens (tertiary/aromatic N) is 1. The van der Waals surface area contributed by atoms with Gasteiger partial charge in [-0.1, -0.05) is 12.2 Å². The molecule has 4 heteroatoms. The summed E-state index contributed by atoms with van der Waals surface area (Å²) >= 11 is 0. The van der Waals surface area contributed by atoms with E-state index >= 15 is 0 Å². The minimum absolute atomic E-state index is 0.0541. The molecule has 0 radical (unpaired) electrons. The van der Waals surface area contributed by atoms with Crippen LogP contribution in [0.15, 0.2) is 30.4 Å². The van der Waals surface area contributed by atoms with Crippen molar-refractivity contribution in [3.63, 3.8) is 0 Å². The summed E-state index contributed by atoms with van der Waals surface area (Å²) in [5.74, 6) is -1.35. The first kappa shape index (κ1) is 12.2. The fraction of sp³-hybridized carbons (Fsp3) is 0.250. The molecule has 0 fully saturated rings. The Bertz CT molecular complexity index is 429. The van der Waals surface area contributed by atoms with Gasteiger partial charge in [0.1, 0.15) is 11.6 Å². The molecule has 0 saturated carbocycles. The van der Waals surface area contributed by atoms with Gasteiger partial charge in [0.05, 0.1) is 5.56 Å². The van der Waals surface area contributed by atoms with Crippen LogP contribution in [0.1, 0.15) is 17.3 Å². The van der Waals surface area contributed by atoms with Gasteiger partial charge in [0.25, 0.3) is 5.91 Å². The first-order valence-corrected chi connectivity index (χ1v) is 4.80. The van der Waals surface area contributed by atoms with Gasteiger partial charge in [0.15, 0.2) is 0 Å². The van der Waals surface area contributed by atoms with Crippen LogP contribution in [0.5, 0.6) is 5.75 Å². The van der Waals surface area contributed by atoms with Gasteiger partial charge >= 0.3 is 0 Å². The third-order valence-electron chi connectivity index (χ3n) is 2.04. The number of carbonyl (C=O) groups is 1. The molecule has 1 aromatic carbocycles. The van der Waals surface area contributed by atoms with E-state index in [2.05, 4.69) is 6.58 Å². The Kier molecular flexibility index (Phi) is 3.66. The zero-order valence-corrected chi connectivity index (χ0v) is 9.33. The molecule has 0 spiro atoms. The number of phenolic OH excluding ortho intramolecular Hbond substituents is 1. The van der Waals surface area contributed by atoms with Crippen LogP contribution in [0.4, 0.5) is 4.39 Å².